The Morgan fingerprint density at radius 3 is 2.41 bits per heavy atom. The second-order valence-electron chi connectivity index (χ2n) is 3.67. The van der Waals surface area contributed by atoms with E-state index in [9.17, 15) is 4.39 Å². The van der Waals surface area contributed by atoms with Crippen LogP contribution in [0.2, 0.25) is 5.28 Å². The number of rotatable bonds is 2. The van der Waals surface area contributed by atoms with Crippen LogP contribution in [0.4, 0.5) is 15.9 Å². The molecule has 0 atom stereocenters. The van der Waals surface area contributed by atoms with E-state index in [1.54, 1.807) is 12.1 Å². The molecule has 17 heavy (non-hydrogen) atoms. The van der Waals surface area contributed by atoms with Crippen molar-refractivity contribution in [3.05, 3.63) is 47.1 Å². The number of benzene rings is 1. The van der Waals surface area contributed by atoms with Gasteiger partial charge in [0.15, 0.2) is 0 Å². The van der Waals surface area contributed by atoms with Crippen molar-refractivity contribution in [3.8, 4) is 0 Å². The fourth-order valence-corrected chi connectivity index (χ4v) is 1.71. The van der Waals surface area contributed by atoms with Gasteiger partial charge in [0, 0.05) is 24.5 Å². The zero-order chi connectivity index (χ0) is 12.4. The zero-order valence-corrected chi connectivity index (χ0v) is 10.2. The Morgan fingerprint density at radius 1 is 1.18 bits per heavy atom. The molecule has 0 radical (unpaired) electrons. The molecule has 0 saturated heterocycles. The summed E-state index contributed by atoms with van der Waals surface area (Å²) in [6.07, 6.45) is 0. The largest absolute Gasteiger partial charge is 0.329 e. The summed E-state index contributed by atoms with van der Waals surface area (Å²) in [6, 6.07) is 7.99. The van der Waals surface area contributed by atoms with Crippen molar-refractivity contribution in [1.29, 1.82) is 0 Å². The first-order chi connectivity index (χ1) is 8.06. The first-order valence-corrected chi connectivity index (χ1v) is 5.44. The average molecular weight is 252 g/mol. The third-order valence-electron chi connectivity index (χ3n) is 2.37. The molecule has 2 aromatic rings. The Hall–Kier alpha value is -1.68. The first kappa shape index (κ1) is 11.8. The van der Waals surface area contributed by atoms with Crippen molar-refractivity contribution in [2.24, 2.45) is 0 Å². The fraction of sp³-hybridized carbons (Fsp3) is 0.167. The summed E-state index contributed by atoms with van der Waals surface area (Å²) < 4.78 is 12.8. The predicted octanol–water partition coefficient (Wildman–Crippen LogP) is 3.35. The van der Waals surface area contributed by atoms with E-state index in [1.807, 2.05) is 24.9 Å². The van der Waals surface area contributed by atoms with E-state index in [4.69, 9.17) is 11.6 Å². The number of aromatic nitrogens is 2. The quantitative estimate of drug-likeness (QED) is 0.767. The van der Waals surface area contributed by atoms with E-state index in [1.165, 1.54) is 12.1 Å². The van der Waals surface area contributed by atoms with E-state index in [0.717, 1.165) is 11.4 Å². The smallest absolute Gasteiger partial charge is 0.224 e. The van der Waals surface area contributed by atoms with Gasteiger partial charge in [0.2, 0.25) is 5.28 Å². The van der Waals surface area contributed by atoms with Crippen molar-refractivity contribution >= 4 is 23.1 Å². The van der Waals surface area contributed by atoms with Crippen molar-refractivity contribution < 1.29 is 4.39 Å². The van der Waals surface area contributed by atoms with E-state index < -0.39 is 0 Å². The van der Waals surface area contributed by atoms with Crippen molar-refractivity contribution in [2.45, 2.75) is 6.92 Å². The minimum atomic E-state index is -0.265. The van der Waals surface area contributed by atoms with E-state index in [-0.39, 0.29) is 11.1 Å². The van der Waals surface area contributed by atoms with Gasteiger partial charge in [-0.2, -0.15) is 0 Å². The third-order valence-corrected chi connectivity index (χ3v) is 2.54. The molecule has 0 bridgehead atoms. The molecule has 1 aromatic heterocycles. The highest BCUT2D eigenvalue weighted by Gasteiger charge is 2.07. The summed E-state index contributed by atoms with van der Waals surface area (Å²) in [5, 5.41) is 0.203. The Balaban J connectivity index is 2.36. The van der Waals surface area contributed by atoms with Crippen LogP contribution in [-0.2, 0) is 0 Å². The summed E-state index contributed by atoms with van der Waals surface area (Å²) in [4.78, 5) is 9.93. The lowest BCUT2D eigenvalue weighted by Crippen LogP contribution is -2.12. The summed E-state index contributed by atoms with van der Waals surface area (Å²) in [5.74, 6) is 0.410. The highest BCUT2D eigenvalue weighted by atomic mass is 35.5. The highest BCUT2D eigenvalue weighted by molar-refractivity contribution is 6.28. The molecule has 0 fully saturated rings. The maximum atomic E-state index is 12.8. The van der Waals surface area contributed by atoms with Crippen LogP contribution in [0.3, 0.4) is 0 Å². The summed E-state index contributed by atoms with van der Waals surface area (Å²) in [7, 11) is 1.84. The Kier molecular flexibility index (Phi) is 3.24. The first-order valence-electron chi connectivity index (χ1n) is 5.07. The molecule has 1 heterocycles. The molecule has 0 aliphatic rings. The maximum Gasteiger partial charge on any atom is 0.224 e. The van der Waals surface area contributed by atoms with Crippen LogP contribution < -0.4 is 4.90 Å². The predicted molar refractivity (Wildman–Crippen MR) is 66.2 cm³/mol. The maximum absolute atomic E-state index is 12.8. The highest BCUT2D eigenvalue weighted by Crippen LogP contribution is 2.23. The van der Waals surface area contributed by atoms with Crippen LogP contribution in [0.15, 0.2) is 30.3 Å². The van der Waals surface area contributed by atoms with Gasteiger partial charge in [-0.1, -0.05) is 0 Å². The molecule has 3 nitrogen and oxygen atoms in total. The molecular weight excluding hydrogens is 241 g/mol. The normalized spacial score (nSPS) is 10.4. The van der Waals surface area contributed by atoms with Crippen LogP contribution in [-0.4, -0.2) is 17.0 Å². The Morgan fingerprint density at radius 2 is 1.82 bits per heavy atom. The van der Waals surface area contributed by atoms with Crippen LogP contribution in [0.1, 0.15) is 5.69 Å². The summed E-state index contributed by atoms with van der Waals surface area (Å²) >= 11 is 5.80. The molecule has 2 rings (SSSR count). The Bertz CT molecular complexity index is 508. The van der Waals surface area contributed by atoms with Crippen molar-refractivity contribution in [2.75, 3.05) is 11.9 Å². The lowest BCUT2D eigenvalue weighted by atomic mass is 10.3. The second kappa shape index (κ2) is 4.67. The zero-order valence-electron chi connectivity index (χ0n) is 9.48. The summed E-state index contributed by atoms with van der Waals surface area (Å²) in [5.41, 5.74) is 1.62. The van der Waals surface area contributed by atoms with Crippen LogP contribution >= 0.6 is 11.6 Å². The van der Waals surface area contributed by atoms with Gasteiger partial charge in [0.05, 0.1) is 0 Å². The molecule has 0 unspecified atom stereocenters. The molecular formula is C12H11ClFN3. The molecule has 0 aliphatic carbocycles. The Labute approximate surface area is 104 Å². The van der Waals surface area contributed by atoms with E-state index in [0.29, 0.717) is 5.82 Å². The van der Waals surface area contributed by atoms with E-state index >= 15 is 0 Å². The lowest BCUT2D eigenvalue weighted by Gasteiger charge is -2.18. The second-order valence-corrected chi connectivity index (χ2v) is 4.01. The standard InChI is InChI=1S/C12H11ClFN3/c1-8-7-11(16-12(13)15-8)17(2)10-5-3-9(14)4-6-10/h3-7H,1-2H3. The van der Waals surface area contributed by atoms with Gasteiger partial charge in [-0.25, -0.2) is 14.4 Å². The topological polar surface area (TPSA) is 29.0 Å². The number of hydrogen-bond donors (Lipinski definition) is 0. The minimum absolute atomic E-state index is 0.203. The molecule has 5 heteroatoms. The van der Waals surface area contributed by atoms with Gasteiger partial charge in [-0.05, 0) is 42.8 Å². The monoisotopic (exact) mass is 251 g/mol. The molecule has 0 spiro atoms. The number of aryl methyl sites for hydroxylation is 1. The van der Waals surface area contributed by atoms with Crippen molar-refractivity contribution in [1.82, 2.24) is 9.97 Å². The number of hydrogen-bond acceptors (Lipinski definition) is 3. The lowest BCUT2D eigenvalue weighted by molar-refractivity contribution is 0.628. The van der Waals surface area contributed by atoms with Crippen LogP contribution in [0, 0.1) is 12.7 Å². The average Bonchev–Trinajstić information content (AvgIpc) is 2.28. The molecule has 0 aliphatic heterocycles. The number of anilines is 2. The van der Waals surface area contributed by atoms with Gasteiger partial charge in [-0.3, -0.25) is 0 Å². The van der Waals surface area contributed by atoms with Gasteiger partial charge in [0.1, 0.15) is 11.6 Å². The molecule has 0 N–H and O–H groups in total. The van der Waals surface area contributed by atoms with Crippen LogP contribution in [0.25, 0.3) is 0 Å². The molecule has 0 saturated carbocycles. The van der Waals surface area contributed by atoms with Gasteiger partial charge >= 0.3 is 0 Å². The molecule has 88 valence electrons. The van der Waals surface area contributed by atoms with E-state index in [2.05, 4.69) is 9.97 Å². The number of nitrogens with zero attached hydrogens (tertiary/aromatic N) is 3. The van der Waals surface area contributed by atoms with Gasteiger partial charge in [0.25, 0.3) is 0 Å². The molecule has 0 amide bonds. The van der Waals surface area contributed by atoms with Crippen LogP contribution in [0.5, 0.6) is 0 Å². The fourth-order valence-electron chi connectivity index (χ4n) is 1.49. The number of halogens is 2. The third kappa shape index (κ3) is 2.71. The minimum Gasteiger partial charge on any atom is -0.329 e. The van der Waals surface area contributed by atoms with Crippen molar-refractivity contribution in [3.63, 3.8) is 0 Å². The van der Waals surface area contributed by atoms with Gasteiger partial charge in [-0.15, -0.1) is 0 Å². The SMILES string of the molecule is Cc1cc(N(C)c2ccc(F)cc2)nc(Cl)n1. The van der Waals surface area contributed by atoms with Gasteiger partial charge < -0.3 is 4.90 Å². The summed E-state index contributed by atoms with van der Waals surface area (Å²) in [6.45, 7) is 1.84. The molecule has 1 aromatic carbocycles.